The number of benzene rings is 1. The van der Waals surface area contributed by atoms with Gasteiger partial charge in [0.2, 0.25) is 0 Å². The van der Waals surface area contributed by atoms with Crippen molar-refractivity contribution in [3.05, 3.63) is 35.1 Å². The second kappa shape index (κ2) is 10.5. The van der Waals surface area contributed by atoms with Crippen LogP contribution >= 0.6 is 0 Å². The number of aliphatic hydroxyl groups excluding tert-OH is 1. The first-order valence-electron chi connectivity index (χ1n) is 10.8. The lowest BCUT2D eigenvalue weighted by Crippen LogP contribution is -2.38. The van der Waals surface area contributed by atoms with Gasteiger partial charge in [0.25, 0.3) is 0 Å². The Morgan fingerprint density at radius 1 is 1.00 bits per heavy atom. The van der Waals surface area contributed by atoms with Crippen LogP contribution in [0.2, 0.25) is 0 Å². The summed E-state index contributed by atoms with van der Waals surface area (Å²) in [5, 5.41) is 8.95. The topological polar surface area (TPSA) is 38.7 Å². The minimum absolute atomic E-state index is 0.00669. The summed E-state index contributed by atoms with van der Waals surface area (Å²) in [6.07, 6.45) is 9.64. The third-order valence-corrected chi connectivity index (χ3v) is 6.31. The Balaban J connectivity index is 1.38. The highest BCUT2D eigenvalue weighted by Gasteiger charge is 2.32. The Morgan fingerprint density at radius 2 is 1.74 bits per heavy atom. The maximum absolute atomic E-state index is 14.0. The average Bonchev–Trinajstić information content (AvgIpc) is 2.70. The van der Waals surface area contributed by atoms with Crippen molar-refractivity contribution in [1.82, 2.24) is 0 Å². The Bertz CT molecular complexity index is 561. The SMILES string of the molecule is CCCC1COC(C2CCC(CCc3ccc(CCO)c(F)c3)CC2)OC1. The number of halogens is 1. The first kappa shape index (κ1) is 20.8. The molecule has 1 heterocycles. The van der Waals surface area contributed by atoms with Gasteiger partial charge < -0.3 is 14.6 Å². The zero-order valence-electron chi connectivity index (χ0n) is 16.7. The summed E-state index contributed by atoms with van der Waals surface area (Å²) in [6, 6.07) is 5.48. The van der Waals surface area contributed by atoms with Crippen LogP contribution in [-0.4, -0.2) is 31.2 Å². The molecule has 0 spiro atoms. The third-order valence-electron chi connectivity index (χ3n) is 6.31. The standard InChI is InChI=1S/C23H35FO3/c1-2-3-19-15-26-23(27-16-19)21-10-6-17(7-11-21)4-5-18-8-9-20(12-13-25)22(24)14-18/h8-9,14,17,19,21,23,25H,2-7,10-13,15-16H2,1H3. The van der Waals surface area contributed by atoms with Gasteiger partial charge in [-0.3, -0.25) is 0 Å². The molecule has 0 atom stereocenters. The molecular weight excluding hydrogens is 343 g/mol. The van der Waals surface area contributed by atoms with Crippen LogP contribution in [0.1, 0.15) is 63.0 Å². The van der Waals surface area contributed by atoms with Crippen molar-refractivity contribution in [1.29, 1.82) is 0 Å². The molecule has 0 unspecified atom stereocenters. The van der Waals surface area contributed by atoms with E-state index in [1.807, 2.05) is 12.1 Å². The highest BCUT2D eigenvalue weighted by Crippen LogP contribution is 2.36. The van der Waals surface area contributed by atoms with Gasteiger partial charge in [0.1, 0.15) is 5.82 Å². The summed E-state index contributed by atoms with van der Waals surface area (Å²) < 4.78 is 26.0. The van der Waals surface area contributed by atoms with Gasteiger partial charge in [0.15, 0.2) is 6.29 Å². The molecule has 4 heteroatoms. The Morgan fingerprint density at radius 3 is 2.37 bits per heavy atom. The van der Waals surface area contributed by atoms with Crippen LogP contribution in [0.4, 0.5) is 4.39 Å². The van der Waals surface area contributed by atoms with E-state index in [0.717, 1.165) is 37.5 Å². The minimum atomic E-state index is -0.182. The second-order valence-electron chi connectivity index (χ2n) is 8.41. The molecule has 1 aliphatic heterocycles. The van der Waals surface area contributed by atoms with Gasteiger partial charge in [-0.15, -0.1) is 0 Å². The molecule has 3 nitrogen and oxygen atoms in total. The van der Waals surface area contributed by atoms with Crippen LogP contribution in [-0.2, 0) is 22.3 Å². The normalized spacial score (nSPS) is 29.0. The molecule has 1 saturated carbocycles. The molecule has 1 aliphatic carbocycles. The number of hydrogen-bond donors (Lipinski definition) is 1. The number of aryl methyl sites for hydroxylation is 1. The summed E-state index contributed by atoms with van der Waals surface area (Å²) in [7, 11) is 0. The maximum Gasteiger partial charge on any atom is 0.160 e. The van der Waals surface area contributed by atoms with E-state index in [-0.39, 0.29) is 18.7 Å². The van der Waals surface area contributed by atoms with Gasteiger partial charge in [0.05, 0.1) is 13.2 Å². The van der Waals surface area contributed by atoms with Crippen molar-refractivity contribution in [3.63, 3.8) is 0 Å². The zero-order valence-corrected chi connectivity index (χ0v) is 16.7. The van der Waals surface area contributed by atoms with Crippen molar-refractivity contribution < 1.29 is 19.0 Å². The first-order chi connectivity index (χ1) is 13.2. The fourth-order valence-corrected chi connectivity index (χ4v) is 4.59. The van der Waals surface area contributed by atoms with Crippen molar-refractivity contribution in [2.45, 2.75) is 71.0 Å². The molecule has 1 aromatic rings. The molecule has 27 heavy (non-hydrogen) atoms. The predicted molar refractivity (Wildman–Crippen MR) is 105 cm³/mol. The van der Waals surface area contributed by atoms with E-state index in [1.165, 1.54) is 38.5 Å². The van der Waals surface area contributed by atoms with E-state index in [4.69, 9.17) is 14.6 Å². The van der Waals surface area contributed by atoms with Crippen LogP contribution in [0.3, 0.4) is 0 Å². The molecule has 152 valence electrons. The summed E-state index contributed by atoms with van der Waals surface area (Å²) in [5.74, 6) is 1.65. The van der Waals surface area contributed by atoms with Gasteiger partial charge in [-0.2, -0.15) is 0 Å². The van der Waals surface area contributed by atoms with Gasteiger partial charge in [0, 0.05) is 18.4 Å². The molecule has 0 aromatic heterocycles. The lowest BCUT2D eigenvalue weighted by atomic mass is 9.79. The van der Waals surface area contributed by atoms with Crippen LogP contribution < -0.4 is 0 Å². The van der Waals surface area contributed by atoms with E-state index in [2.05, 4.69) is 6.92 Å². The molecule has 1 aromatic carbocycles. The monoisotopic (exact) mass is 378 g/mol. The van der Waals surface area contributed by atoms with Gasteiger partial charge in [-0.05, 0) is 74.5 Å². The summed E-state index contributed by atoms with van der Waals surface area (Å²) in [4.78, 5) is 0. The average molecular weight is 379 g/mol. The molecule has 1 saturated heterocycles. The first-order valence-corrected chi connectivity index (χ1v) is 10.8. The fourth-order valence-electron chi connectivity index (χ4n) is 4.59. The summed E-state index contributed by atoms with van der Waals surface area (Å²) in [5.41, 5.74) is 1.67. The Hall–Kier alpha value is -0.970. The second-order valence-corrected chi connectivity index (χ2v) is 8.41. The molecule has 0 bridgehead atoms. The molecule has 2 aliphatic rings. The van der Waals surface area contributed by atoms with Gasteiger partial charge in [-0.25, -0.2) is 4.39 Å². The van der Waals surface area contributed by atoms with Crippen LogP contribution in [0.5, 0.6) is 0 Å². The van der Waals surface area contributed by atoms with E-state index in [9.17, 15) is 4.39 Å². The van der Waals surface area contributed by atoms with Gasteiger partial charge >= 0.3 is 0 Å². The lowest BCUT2D eigenvalue weighted by molar-refractivity contribution is -0.230. The third kappa shape index (κ3) is 6.00. The van der Waals surface area contributed by atoms with E-state index in [0.29, 0.717) is 23.8 Å². The van der Waals surface area contributed by atoms with Gasteiger partial charge in [-0.1, -0.05) is 25.5 Å². The minimum Gasteiger partial charge on any atom is -0.396 e. The number of hydrogen-bond acceptors (Lipinski definition) is 3. The maximum atomic E-state index is 14.0. The van der Waals surface area contributed by atoms with Crippen LogP contribution in [0.25, 0.3) is 0 Å². The zero-order chi connectivity index (χ0) is 19.1. The van der Waals surface area contributed by atoms with Crippen molar-refractivity contribution in [2.75, 3.05) is 19.8 Å². The van der Waals surface area contributed by atoms with Crippen molar-refractivity contribution in [2.24, 2.45) is 17.8 Å². The summed E-state index contributed by atoms with van der Waals surface area (Å²) in [6.45, 7) is 3.92. The fraction of sp³-hybridized carbons (Fsp3) is 0.739. The molecule has 0 amide bonds. The number of rotatable bonds is 8. The van der Waals surface area contributed by atoms with Crippen LogP contribution in [0.15, 0.2) is 18.2 Å². The molecule has 1 N–H and O–H groups in total. The van der Waals surface area contributed by atoms with E-state index < -0.39 is 0 Å². The van der Waals surface area contributed by atoms with E-state index in [1.54, 1.807) is 6.07 Å². The number of ether oxygens (including phenoxy) is 2. The lowest BCUT2D eigenvalue weighted by Gasteiger charge is -2.37. The van der Waals surface area contributed by atoms with Crippen molar-refractivity contribution in [3.8, 4) is 0 Å². The van der Waals surface area contributed by atoms with Crippen LogP contribution in [0, 0.1) is 23.6 Å². The molecule has 0 radical (unpaired) electrons. The number of aliphatic hydroxyl groups is 1. The quantitative estimate of drug-likeness (QED) is 0.700. The smallest absolute Gasteiger partial charge is 0.160 e. The molecular formula is C23H35FO3. The highest BCUT2D eigenvalue weighted by molar-refractivity contribution is 5.24. The van der Waals surface area contributed by atoms with E-state index >= 15 is 0 Å². The predicted octanol–water partition coefficient (Wildman–Crippen LogP) is 4.89. The summed E-state index contributed by atoms with van der Waals surface area (Å²) >= 11 is 0. The van der Waals surface area contributed by atoms with Crippen molar-refractivity contribution >= 4 is 0 Å². The largest absolute Gasteiger partial charge is 0.396 e. The molecule has 2 fully saturated rings. The Labute approximate surface area is 163 Å². The highest BCUT2D eigenvalue weighted by atomic mass is 19.1. The molecule has 3 rings (SSSR count). The Kier molecular flexibility index (Phi) is 8.10.